The van der Waals surface area contributed by atoms with Crippen molar-refractivity contribution in [3.63, 3.8) is 0 Å². The van der Waals surface area contributed by atoms with Crippen molar-refractivity contribution in [2.75, 3.05) is 7.05 Å². The molecule has 1 amide bonds. The van der Waals surface area contributed by atoms with Gasteiger partial charge in [-0.3, -0.25) is 4.79 Å². The smallest absolute Gasteiger partial charge is 0.224 e. The van der Waals surface area contributed by atoms with Crippen LogP contribution in [0.5, 0.6) is 0 Å². The van der Waals surface area contributed by atoms with Crippen LogP contribution in [0.15, 0.2) is 12.4 Å². The largest absolute Gasteiger partial charge is 0.338 e. The molecule has 0 aliphatic carbocycles. The van der Waals surface area contributed by atoms with E-state index in [0.29, 0.717) is 13.0 Å². The van der Waals surface area contributed by atoms with Crippen molar-refractivity contribution in [2.45, 2.75) is 38.8 Å². The van der Waals surface area contributed by atoms with Crippen molar-refractivity contribution < 1.29 is 4.79 Å². The van der Waals surface area contributed by atoms with Crippen LogP contribution in [0.3, 0.4) is 0 Å². The van der Waals surface area contributed by atoms with E-state index in [2.05, 4.69) is 11.9 Å². The number of imidazole rings is 1. The highest BCUT2D eigenvalue weighted by molar-refractivity contribution is 5.76. The number of amides is 1. The summed E-state index contributed by atoms with van der Waals surface area (Å²) >= 11 is 0. The molecule has 0 aromatic carbocycles. The van der Waals surface area contributed by atoms with E-state index < -0.39 is 0 Å². The summed E-state index contributed by atoms with van der Waals surface area (Å²) < 4.78 is 1.91. The number of aryl methyl sites for hydroxylation is 1. The Morgan fingerprint density at radius 2 is 2.35 bits per heavy atom. The fraction of sp³-hybridized carbons (Fsp3) is 0.667. The van der Waals surface area contributed by atoms with Crippen LogP contribution in [0.4, 0.5) is 0 Å². The molecule has 5 nitrogen and oxygen atoms in total. The molecular formula is C12H22N4O. The molecule has 2 N–H and O–H groups in total. The molecule has 0 spiro atoms. The maximum atomic E-state index is 11.9. The van der Waals surface area contributed by atoms with Crippen LogP contribution in [0.25, 0.3) is 0 Å². The van der Waals surface area contributed by atoms with Gasteiger partial charge in [-0.25, -0.2) is 4.98 Å². The molecule has 96 valence electrons. The fourth-order valence-electron chi connectivity index (χ4n) is 1.70. The number of hydrogen-bond acceptors (Lipinski definition) is 3. The normalized spacial score (nSPS) is 12.5. The van der Waals surface area contributed by atoms with Crippen LogP contribution in [0.2, 0.25) is 0 Å². The average molecular weight is 238 g/mol. The molecule has 0 bridgehead atoms. The summed E-state index contributed by atoms with van der Waals surface area (Å²) in [5.41, 5.74) is 5.86. The lowest BCUT2D eigenvalue weighted by Crippen LogP contribution is -2.33. The van der Waals surface area contributed by atoms with Crippen LogP contribution in [-0.2, 0) is 18.4 Å². The lowest BCUT2D eigenvalue weighted by molar-refractivity contribution is -0.130. The second-order valence-corrected chi connectivity index (χ2v) is 4.46. The second-order valence-electron chi connectivity index (χ2n) is 4.46. The summed E-state index contributed by atoms with van der Waals surface area (Å²) in [5, 5.41) is 0. The Hall–Kier alpha value is -1.36. The van der Waals surface area contributed by atoms with Gasteiger partial charge in [-0.2, -0.15) is 0 Å². The van der Waals surface area contributed by atoms with Crippen molar-refractivity contribution in [3.8, 4) is 0 Å². The lowest BCUT2D eigenvalue weighted by Gasteiger charge is -2.19. The van der Waals surface area contributed by atoms with Crippen molar-refractivity contribution >= 4 is 5.91 Å². The number of carbonyl (C=O) groups excluding carboxylic acids is 1. The Bertz CT molecular complexity index is 361. The molecule has 1 aromatic heterocycles. The molecule has 0 radical (unpaired) electrons. The third-order valence-corrected chi connectivity index (χ3v) is 2.82. The summed E-state index contributed by atoms with van der Waals surface area (Å²) in [5.74, 6) is 0.957. The summed E-state index contributed by atoms with van der Waals surface area (Å²) in [6, 6.07) is -0.0312. The predicted octanol–water partition coefficient (Wildman–Crippen LogP) is 0.896. The van der Waals surface area contributed by atoms with Crippen LogP contribution < -0.4 is 5.73 Å². The van der Waals surface area contributed by atoms with Crippen molar-refractivity contribution in [1.29, 1.82) is 0 Å². The van der Waals surface area contributed by atoms with Crippen molar-refractivity contribution in [1.82, 2.24) is 14.5 Å². The van der Waals surface area contributed by atoms with Gasteiger partial charge in [0.15, 0.2) is 0 Å². The van der Waals surface area contributed by atoms with Gasteiger partial charge in [-0.1, -0.05) is 13.3 Å². The Morgan fingerprint density at radius 3 is 2.88 bits per heavy atom. The van der Waals surface area contributed by atoms with Crippen LogP contribution >= 0.6 is 0 Å². The number of aromatic nitrogens is 2. The zero-order chi connectivity index (χ0) is 12.8. The quantitative estimate of drug-likeness (QED) is 0.800. The minimum atomic E-state index is -0.0312. The van der Waals surface area contributed by atoms with Crippen LogP contribution in [-0.4, -0.2) is 33.4 Å². The molecule has 0 saturated heterocycles. The van der Waals surface area contributed by atoms with Gasteiger partial charge in [0.1, 0.15) is 5.82 Å². The first kappa shape index (κ1) is 13.7. The van der Waals surface area contributed by atoms with Gasteiger partial charge in [-0.05, 0) is 6.42 Å². The Morgan fingerprint density at radius 1 is 1.65 bits per heavy atom. The zero-order valence-electron chi connectivity index (χ0n) is 10.9. The summed E-state index contributed by atoms with van der Waals surface area (Å²) in [6.45, 7) is 2.60. The number of carbonyl (C=O) groups is 1. The topological polar surface area (TPSA) is 64.2 Å². The molecule has 0 saturated carbocycles. The number of nitrogens with zero attached hydrogens (tertiary/aromatic N) is 3. The Kier molecular flexibility index (Phi) is 5.15. The Labute approximate surface area is 103 Å². The SMILES string of the molecule is CCCC(N)CC(=O)N(C)Cc1nccn1C. The van der Waals surface area contributed by atoms with Gasteiger partial charge >= 0.3 is 0 Å². The molecule has 1 rings (SSSR count). The number of nitrogens with two attached hydrogens (primary N) is 1. The highest BCUT2D eigenvalue weighted by atomic mass is 16.2. The molecule has 0 fully saturated rings. The van der Waals surface area contributed by atoms with E-state index in [0.717, 1.165) is 18.7 Å². The third-order valence-electron chi connectivity index (χ3n) is 2.82. The first-order valence-electron chi connectivity index (χ1n) is 6.00. The zero-order valence-corrected chi connectivity index (χ0v) is 10.9. The maximum absolute atomic E-state index is 11.9. The van der Waals surface area contributed by atoms with E-state index in [1.807, 2.05) is 17.8 Å². The fourth-order valence-corrected chi connectivity index (χ4v) is 1.70. The standard InChI is InChI=1S/C12H22N4O/c1-4-5-10(13)8-12(17)16(3)9-11-14-6-7-15(11)2/h6-7,10H,4-5,8-9,13H2,1-3H3. The molecule has 0 aliphatic heterocycles. The molecule has 5 heteroatoms. The summed E-state index contributed by atoms with van der Waals surface area (Å²) in [6.07, 6.45) is 5.92. The van der Waals surface area contributed by atoms with E-state index >= 15 is 0 Å². The van der Waals surface area contributed by atoms with Gasteiger partial charge < -0.3 is 15.2 Å². The van der Waals surface area contributed by atoms with Gasteiger partial charge in [0.2, 0.25) is 5.91 Å². The highest BCUT2D eigenvalue weighted by Gasteiger charge is 2.14. The number of rotatable bonds is 6. The van der Waals surface area contributed by atoms with E-state index in [1.165, 1.54) is 0 Å². The van der Waals surface area contributed by atoms with E-state index in [9.17, 15) is 4.79 Å². The molecule has 1 aromatic rings. The summed E-state index contributed by atoms with van der Waals surface area (Å²) in [4.78, 5) is 17.7. The molecule has 17 heavy (non-hydrogen) atoms. The van der Waals surface area contributed by atoms with E-state index in [4.69, 9.17) is 5.73 Å². The minimum absolute atomic E-state index is 0.0312. The highest BCUT2D eigenvalue weighted by Crippen LogP contribution is 2.05. The first-order chi connectivity index (χ1) is 8.04. The summed E-state index contributed by atoms with van der Waals surface area (Å²) in [7, 11) is 3.71. The van der Waals surface area contributed by atoms with Gasteiger partial charge in [0.25, 0.3) is 0 Å². The predicted molar refractivity (Wildman–Crippen MR) is 67.2 cm³/mol. The second kappa shape index (κ2) is 6.39. The van der Waals surface area contributed by atoms with Gasteiger partial charge in [0, 0.05) is 39.0 Å². The monoisotopic (exact) mass is 238 g/mol. The molecule has 1 heterocycles. The molecule has 1 unspecified atom stereocenters. The van der Waals surface area contributed by atoms with Crippen molar-refractivity contribution in [3.05, 3.63) is 18.2 Å². The molecule has 1 atom stereocenters. The van der Waals surface area contributed by atoms with Crippen LogP contribution in [0, 0.1) is 0 Å². The molecule has 0 aliphatic rings. The Balaban J connectivity index is 2.45. The van der Waals surface area contributed by atoms with Gasteiger partial charge in [-0.15, -0.1) is 0 Å². The minimum Gasteiger partial charge on any atom is -0.338 e. The van der Waals surface area contributed by atoms with Crippen molar-refractivity contribution in [2.24, 2.45) is 12.8 Å². The first-order valence-corrected chi connectivity index (χ1v) is 6.00. The van der Waals surface area contributed by atoms with Crippen LogP contribution in [0.1, 0.15) is 32.0 Å². The lowest BCUT2D eigenvalue weighted by atomic mass is 10.1. The number of hydrogen-bond donors (Lipinski definition) is 1. The van der Waals surface area contributed by atoms with E-state index in [1.54, 1.807) is 18.1 Å². The van der Waals surface area contributed by atoms with E-state index in [-0.39, 0.29) is 11.9 Å². The maximum Gasteiger partial charge on any atom is 0.224 e. The molecular weight excluding hydrogens is 216 g/mol. The van der Waals surface area contributed by atoms with Gasteiger partial charge in [0.05, 0.1) is 6.54 Å². The third kappa shape index (κ3) is 4.19. The average Bonchev–Trinajstić information content (AvgIpc) is 2.64.